The average Bonchev–Trinajstić information content (AvgIpc) is 2.74. The lowest BCUT2D eigenvalue weighted by Crippen LogP contribution is -2.35. The molecule has 0 saturated carbocycles. The lowest BCUT2D eigenvalue weighted by atomic mass is 10.0. The predicted molar refractivity (Wildman–Crippen MR) is 115 cm³/mol. The predicted octanol–water partition coefficient (Wildman–Crippen LogP) is 4.55. The van der Waals surface area contributed by atoms with Crippen molar-refractivity contribution in [2.24, 2.45) is 0 Å². The average molecular weight is 388 g/mol. The van der Waals surface area contributed by atoms with Gasteiger partial charge in [0.15, 0.2) is 0 Å². The number of methoxy groups -OCH3 is 1. The highest BCUT2D eigenvalue weighted by Gasteiger charge is 2.22. The SMILES string of the molecule is COc1cc(NC(=O)Cc2cccc3ccccc23)ccc1N1CCCCC1=O. The molecular weight excluding hydrogens is 364 g/mol. The van der Waals surface area contributed by atoms with Crippen LogP contribution in [0, 0.1) is 0 Å². The van der Waals surface area contributed by atoms with Crippen LogP contribution in [-0.2, 0) is 16.0 Å². The summed E-state index contributed by atoms with van der Waals surface area (Å²) in [6.07, 6.45) is 2.76. The van der Waals surface area contributed by atoms with Crippen LogP contribution in [0.2, 0.25) is 0 Å². The van der Waals surface area contributed by atoms with E-state index in [1.807, 2.05) is 54.6 Å². The minimum absolute atomic E-state index is 0.0924. The van der Waals surface area contributed by atoms with Crippen molar-refractivity contribution in [1.82, 2.24) is 0 Å². The number of nitrogens with one attached hydrogen (secondary N) is 1. The largest absolute Gasteiger partial charge is 0.494 e. The number of hydrogen-bond acceptors (Lipinski definition) is 3. The third kappa shape index (κ3) is 4.09. The van der Waals surface area contributed by atoms with E-state index in [1.165, 1.54) is 0 Å². The maximum Gasteiger partial charge on any atom is 0.228 e. The van der Waals surface area contributed by atoms with Gasteiger partial charge in [-0.25, -0.2) is 0 Å². The van der Waals surface area contributed by atoms with Crippen molar-refractivity contribution in [2.75, 3.05) is 23.9 Å². The second-order valence-electron chi connectivity index (χ2n) is 7.25. The normalized spacial score (nSPS) is 14.1. The Labute approximate surface area is 170 Å². The first-order valence-electron chi connectivity index (χ1n) is 9.90. The van der Waals surface area contributed by atoms with Crippen molar-refractivity contribution in [2.45, 2.75) is 25.7 Å². The number of hydrogen-bond donors (Lipinski definition) is 1. The van der Waals surface area contributed by atoms with Crippen LogP contribution in [-0.4, -0.2) is 25.5 Å². The van der Waals surface area contributed by atoms with Crippen LogP contribution in [0.15, 0.2) is 60.7 Å². The van der Waals surface area contributed by atoms with Crippen LogP contribution >= 0.6 is 0 Å². The van der Waals surface area contributed by atoms with Gasteiger partial charge in [0.05, 0.1) is 19.2 Å². The molecule has 2 amide bonds. The molecule has 0 atom stereocenters. The van der Waals surface area contributed by atoms with Gasteiger partial charge < -0.3 is 15.0 Å². The Hall–Kier alpha value is -3.34. The monoisotopic (exact) mass is 388 g/mol. The van der Waals surface area contributed by atoms with Gasteiger partial charge in [0.1, 0.15) is 5.75 Å². The van der Waals surface area contributed by atoms with Gasteiger partial charge in [-0.1, -0.05) is 42.5 Å². The first-order valence-corrected chi connectivity index (χ1v) is 9.90. The number of piperidine rings is 1. The maximum absolute atomic E-state index is 12.6. The van der Waals surface area contributed by atoms with Crippen molar-refractivity contribution < 1.29 is 14.3 Å². The molecule has 4 rings (SSSR count). The maximum atomic E-state index is 12.6. The lowest BCUT2D eigenvalue weighted by Gasteiger charge is -2.28. The molecule has 0 aliphatic carbocycles. The fourth-order valence-corrected chi connectivity index (χ4v) is 3.86. The van der Waals surface area contributed by atoms with Gasteiger partial charge in [0.25, 0.3) is 0 Å². The summed E-state index contributed by atoms with van der Waals surface area (Å²) in [6.45, 7) is 0.696. The molecule has 1 aliphatic rings. The molecule has 1 fully saturated rings. The van der Waals surface area contributed by atoms with Gasteiger partial charge in [-0.15, -0.1) is 0 Å². The van der Waals surface area contributed by atoms with Crippen molar-refractivity contribution in [1.29, 1.82) is 0 Å². The lowest BCUT2D eigenvalue weighted by molar-refractivity contribution is -0.119. The van der Waals surface area contributed by atoms with Crippen molar-refractivity contribution in [3.8, 4) is 5.75 Å². The molecule has 0 radical (unpaired) electrons. The summed E-state index contributed by atoms with van der Waals surface area (Å²) in [6, 6.07) is 19.5. The van der Waals surface area contributed by atoms with E-state index in [1.54, 1.807) is 18.1 Å². The molecule has 29 heavy (non-hydrogen) atoms. The number of carbonyl (C=O) groups is 2. The van der Waals surface area contributed by atoms with Gasteiger partial charge in [-0.05, 0) is 41.3 Å². The summed E-state index contributed by atoms with van der Waals surface area (Å²) in [7, 11) is 1.58. The van der Waals surface area contributed by atoms with E-state index in [-0.39, 0.29) is 18.2 Å². The number of amides is 2. The van der Waals surface area contributed by atoms with Crippen LogP contribution < -0.4 is 15.0 Å². The van der Waals surface area contributed by atoms with Crippen LogP contribution in [0.5, 0.6) is 5.75 Å². The van der Waals surface area contributed by atoms with Crippen LogP contribution in [0.25, 0.3) is 10.8 Å². The molecule has 0 aromatic heterocycles. The van der Waals surface area contributed by atoms with E-state index in [9.17, 15) is 9.59 Å². The number of benzene rings is 3. The summed E-state index contributed by atoms with van der Waals surface area (Å²) in [5.74, 6) is 0.607. The molecule has 1 N–H and O–H groups in total. The van der Waals surface area contributed by atoms with E-state index in [0.717, 1.165) is 34.9 Å². The van der Waals surface area contributed by atoms with E-state index in [2.05, 4.69) is 5.32 Å². The van der Waals surface area contributed by atoms with E-state index in [0.29, 0.717) is 24.4 Å². The number of fused-ring (bicyclic) bond motifs is 1. The number of ether oxygens (including phenoxy) is 1. The first kappa shape index (κ1) is 19.0. The van der Waals surface area contributed by atoms with Crippen molar-refractivity contribution >= 4 is 34.0 Å². The quantitative estimate of drug-likeness (QED) is 0.698. The highest BCUT2D eigenvalue weighted by atomic mass is 16.5. The third-order valence-corrected chi connectivity index (χ3v) is 5.31. The third-order valence-electron chi connectivity index (χ3n) is 5.31. The Balaban J connectivity index is 1.51. The first-order chi connectivity index (χ1) is 14.2. The Kier molecular flexibility index (Phi) is 5.47. The number of nitrogens with zero attached hydrogens (tertiary/aromatic N) is 1. The zero-order chi connectivity index (χ0) is 20.2. The Bertz CT molecular complexity index is 1060. The van der Waals surface area contributed by atoms with Gasteiger partial charge >= 0.3 is 0 Å². The van der Waals surface area contributed by atoms with Gasteiger partial charge in [0, 0.05) is 24.7 Å². The van der Waals surface area contributed by atoms with Gasteiger partial charge in [-0.3, -0.25) is 9.59 Å². The molecule has 0 bridgehead atoms. The second-order valence-corrected chi connectivity index (χ2v) is 7.25. The summed E-state index contributed by atoms with van der Waals surface area (Å²) >= 11 is 0. The molecule has 5 nitrogen and oxygen atoms in total. The standard InChI is InChI=1S/C24H24N2O3/c1-29-22-16-19(12-13-21(22)26-14-5-4-11-24(26)28)25-23(27)15-18-9-6-8-17-7-2-3-10-20(17)18/h2-3,6-10,12-13,16H,4-5,11,14-15H2,1H3,(H,25,27). The van der Waals surface area contributed by atoms with Crippen LogP contribution in [0.3, 0.4) is 0 Å². The summed E-state index contributed by atoms with van der Waals surface area (Å²) in [4.78, 5) is 26.7. The van der Waals surface area contributed by atoms with Crippen LogP contribution in [0.4, 0.5) is 11.4 Å². The minimum Gasteiger partial charge on any atom is -0.494 e. The smallest absolute Gasteiger partial charge is 0.228 e. The molecule has 1 heterocycles. The number of carbonyl (C=O) groups excluding carboxylic acids is 2. The number of anilines is 2. The minimum atomic E-state index is -0.0924. The zero-order valence-corrected chi connectivity index (χ0v) is 16.5. The molecule has 5 heteroatoms. The Morgan fingerprint density at radius 2 is 1.90 bits per heavy atom. The molecule has 3 aromatic carbocycles. The molecule has 1 saturated heterocycles. The van der Waals surface area contributed by atoms with Crippen molar-refractivity contribution in [3.05, 3.63) is 66.2 Å². The highest BCUT2D eigenvalue weighted by Crippen LogP contribution is 2.33. The summed E-state index contributed by atoms with van der Waals surface area (Å²) in [5, 5.41) is 5.15. The molecule has 1 aliphatic heterocycles. The Morgan fingerprint density at radius 1 is 1.07 bits per heavy atom. The fraction of sp³-hybridized carbons (Fsp3) is 0.250. The van der Waals surface area contributed by atoms with Gasteiger partial charge in [0.2, 0.25) is 11.8 Å². The highest BCUT2D eigenvalue weighted by molar-refractivity contribution is 5.98. The van der Waals surface area contributed by atoms with Crippen LogP contribution in [0.1, 0.15) is 24.8 Å². The molecule has 3 aromatic rings. The molecule has 0 spiro atoms. The fourth-order valence-electron chi connectivity index (χ4n) is 3.86. The molecular formula is C24H24N2O3. The van der Waals surface area contributed by atoms with Crippen molar-refractivity contribution in [3.63, 3.8) is 0 Å². The number of rotatable bonds is 5. The van der Waals surface area contributed by atoms with E-state index >= 15 is 0 Å². The van der Waals surface area contributed by atoms with E-state index in [4.69, 9.17) is 4.74 Å². The molecule has 148 valence electrons. The summed E-state index contributed by atoms with van der Waals surface area (Å²) < 4.78 is 5.50. The van der Waals surface area contributed by atoms with E-state index < -0.39 is 0 Å². The van der Waals surface area contributed by atoms with Gasteiger partial charge in [-0.2, -0.15) is 0 Å². The molecule has 0 unspecified atom stereocenters. The second kappa shape index (κ2) is 8.35. The summed E-state index contributed by atoms with van der Waals surface area (Å²) in [5.41, 5.74) is 2.40. The zero-order valence-electron chi connectivity index (χ0n) is 16.5. The Morgan fingerprint density at radius 3 is 2.72 bits per heavy atom. The topological polar surface area (TPSA) is 58.6 Å².